The van der Waals surface area contributed by atoms with E-state index in [1.165, 1.54) is 0 Å². The van der Waals surface area contributed by atoms with E-state index in [2.05, 4.69) is 12.2 Å². The fourth-order valence-electron chi connectivity index (χ4n) is 2.48. The maximum absolute atomic E-state index is 12.2. The number of Topliss-reactive ketones (excluding diaryl/α,β-unsaturated/α-hetero) is 2. The fraction of sp³-hybridized carbons (Fsp3) is 0.474. The molecule has 0 aromatic rings. The number of allylic oxidation sites excluding steroid dienone is 7. The van der Waals surface area contributed by atoms with Crippen molar-refractivity contribution >= 4 is 11.6 Å². The number of ketones is 2. The van der Waals surface area contributed by atoms with Crippen LogP contribution in [0.1, 0.15) is 52.9 Å². The number of unbranched alkanes of at least 4 members (excludes halogenated alkanes) is 2. The van der Waals surface area contributed by atoms with Gasteiger partial charge in [0.05, 0.1) is 6.61 Å². The van der Waals surface area contributed by atoms with Gasteiger partial charge < -0.3 is 5.11 Å². The van der Waals surface area contributed by atoms with Gasteiger partial charge in [-0.15, -0.1) is 0 Å². The molecule has 0 atom stereocenters. The van der Waals surface area contributed by atoms with Crippen molar-refractivity contribution in [2.45, 2.75) is 52.9 Å². The van der Waals surface area contributed by atoms with Crippen LogP contribution in [-0.2, 0) is 9.59 Å². The average Bonchev–Trinajstić information content (AvgIpc) is 2.52. The van der Waals surface area contributed by atoms with Gasteiger partial charge in [-0.3, -0.25) is 9.59 Å². The van der Waals surface area contributed by atoms with Crippen LogP contribution >= 0.6 is 0 Å². The Hall–Kier alpha value is -1.74. The van der Waals surface area contributed by atoms with Gasteiger partial charge >= 0.3 is 0 Å². The highest BCUT2D eigenvalue weighted by atomic mass is 16.2. The lowest BCUT2D eigenvalue weighted by molar-refractivity contribution is -0.116. The largest absolute Gasteiger partial charge is 0.392 e. The summed E-state index contributed by atoms with van der Waals surface area (Å²) in [7, 11) is 0. The quantitative estimate of drug-likeness (QED) is 0.421. The number of aliphatic hydroxyl groups excluding tert-OH is 1. The van der Waals surface area contributed by atoms with Crippen LogP contribution in [0.2, 0.25) is 0 Å². The molecule has 0 aromatic heterocycles. The molecule has 0 saturated heterocycles. The summed E-state index contributed by atoms with van der Waals surface area (Å²) in [4.78, 5) is 24.3. The van der Waals surface area contributed by atoms with E-state index < -0.39 is 0 Å². The summed E-state index contributed by atoms with van der Waals surface area (Å²) in [5, 5.41) is 8.59. The second kappa shape index (κ2) is 9.31. The first-order valence-electron chi connectivity index (χ1n) is 7.88. The van der Waals surface area contributed by atoms with Gasteiger partial charge in [-0.2, -0.15) is 0 Å². The molecule has 0 radical (unpaired) electrons. The molecule has 0 heterocycles. The smallest absolute Gasteiger partial charge is 0.185 e. The Morgan fingerprint density at radius 3 is 2.14 bits per heavy atom. The van der Waals surface area contributed by atoms with Crippen molar-refractivity contribution in [3.63, 3.8) is 0 Å². The third kappa shape index (κ3) is 4.92. The topological polar surface area (TPSA) is 54.4 Å². The summed E-state index contributed by atoms with van der Waals surface area (Å²) in [6.07, 6.45) is 12.2. The molecule has 1 N–H and O–H groups in total. The minimum absolute atomic E-state index is 0.0164. The molecule has 1 rings (SSSR count). The number of hydrogen-bond acceptors (Lipinski definition) is 3. The second-order valence-electron chi connectivity index (χ2n) is 5.62. The zero-order valence-electron chi connectivity index (χ0n) is 13.8. The van der Waals surface area contributed by atoms with Crippen LogP contribution in [0.25, 0.3) is 0 Å². The van der Waals surface area contributed by atoms with Crippen molar-refractivity contribution < 1.29 is 14.7 Å². The third-order valence-corrected chi connectivity index (χ3v) is 4.07. The minimum Gasteiger partial charge on any atom is -0.392 e. The minimum atomic E-state index is 0.0164. The highest BCUT2D eigenvalue weighted by Crippen LogP contribution is 2.27. The highest BCUT2D eigenvalue weighted by molar-refractivity contribution is 6.24. The summed E-state index contributed by atoms with van der Waals surface area (Å²) in [6.45, 7) is 5.32. The fourth-order valence-corrected chi connectivity index (χ4v) is 2.48. The van der Waals surface area contributed by atoms with E-state index in [-0.39, 0.29) is 18.2 Å². The summed E-state index contributed by atoms with van der Waals surface area (Å²) < 4.78 is 0. The van der Waals surface area contributed by atoms with E-state index in [0.717, 1.165) is 25.7 Å². The Morgan fingerprint density at radius 2 is 1.45 bits per heavy atom. The van der Waals surface area contributed by atoms with Crippen molar-refractivity contribution in [2.75, 3.05) is 6.61 Å². The van der Waals surface area contributed by atoms with Gasteiger partial charge in [0.2, 0.25) is 0 Å². The van der Waals surface area contributed by atoms with Crippen molar-refractivity contribution in [2.24, 2.45) is 0 Å². The molecule has 0 aliphatic heterocycles. The molecule has 0 bridgehead atoms. The van der Waals surface area contributed by atoms with Crippen LogP contribution in [0.5, 0.6) is 0 Å². The molecule has 0 saturated carbocycles. The molecular weight excluding hydrogens is 276 g/mol. The van der Waals surface area contributed by atoms with Gasteiger partial charge in [-0.25, -0.2) is 0 Å². The van der Waals surface area contributed by atoms with Gasteiger partial charge in [-0.05, 0) is 52.9 Å². The summed E-state index contributed by atoms with van der Waals surface area (Å²) in [5.41, 5.74) is 2.51. The van der Waals surface area contributed by atoms with Crippen LogP contribution in [0.3, 0.4) is 0 Å². The van der Waals surface area contributed by atoms with Gasteiger partial charge in [0.1, 0.15) is 0 Å². The van der Waals surface area contributed by atoms with E-state index in [0.29, 0.717) is 28.7 Å². The lowest BCUT2D eigenvalue weighted by Crippen LogP contribution is -2.20. The molecule has 1 aliphatic rings. The molecule has 0 spiro atoms. The van der Waals surface area contributed by atoms with Crippen LogP contribution in [0, 0.1) is 0 Å². The highest BCUT2D eigenvalue weighted by Gasteiger charge is 2.26. The number of carbonyl (C=O) groups is 2. The van der Waals surface area contributed by atoms with Crippen molar-refractivity contribution in [1.82, 2.24) is 0 Å². The van der Waals surface area contributed by atoms with Gasteiger partial charge in [0.15, 0.2) is 11.6 Å². The maximum atomic E-state index is 12.2. The first kappa shape index (κ1) is 18.3. The Balaban J connectivity index is 2.41. The van der Waals surface area contributed by atoms with Crippen LogP contribution in [0.4, 0.5) is 0 Å². The van der Waals surface area contributed by atoms with E-state index >= 15 is 0 Å². The molecular formula is C19H26O3. The molecule has 3 nitrogen and oxygen atoms in total. The number of hydrogen-bond donors (Lipinski definition) is 1. The zero-order valence-corrected chi connectivity index (χ0v) is 13.8. The van der Waals surface area contributed by atoms with Crippen molar-refractivity contribution in [3.8, 4) is 0 Å². The lowest BCUT2D eigenvalue weighted by atomic mass is 9.84. The number of carbonyl (C=O) groups excluding carboxylic acids is 2. The molecule has 3 heteroatoms. The van der Waals surface area contributed by atoms with E-state index in [1.807, 2.05) is 6.08 Å². The van der Waals surface area contributed by atoms with Gasteiger partial charge in [0, 0.05) is 22.3 Å². The molecule has 0 amide bonds. The van der Waals surface area contributed by atoms with Crippen molar-refractivity contribution in [3.05, 3.63) is 46.6 Å². The van der Waals surface area contributed by atoms with Crippen LogP contribution < -0.4 is 0 Å². The molecule has 0 aromatic carbocycles. The van der Waals surface area contributed by atoms with Gasteiger partial charge in [0.25, 0.3) is 0 Å². The Kier molecular flexibility index (Phi) is 7.75. The number of aliphatic hydroxyl groups is 1. The monoisotopic (exact) mass is 302 g/mol. The predicted octanol–water partition coefficient (Wildman–Crippen LogP) is 3.85. The molecule has 120 valence electrons. The van der Waals surface area contributed by atoms with Crippen LogP contribution in [0.15, 0.2) is 46.6 Å². The number of rotatable bonds is 8. The molecule has 0 unspecified atom stereocenters. The Morgan fingerprint density at radius 1 is 0.818 bits per heavy atom. The Bertz CT molecular complexity index is 545. The van der Waals surface area contributed by atoms with E-state index in [1.54, 1.807) is 26.8 Å². The normalized spacial score (nSPS) is 16.7. The van der Waals surface area contributed by atoms with E-state index in [4.69, 9.17) is 5.11 Å². The molecule has 0 fully saturated rings. The van der Waals surface area contributed by atoms with Crippen molar-refractivity contribution in [1.29, 1.82) is 0 Å². The standard InChI is InChI=1S/C19H26O3/c1-14-15(2)19(22)17(16(3)18(14)21)12-10-8-6-4-5-7-9-11-13-20/h4-5,9,11,20H,6-8,10,12-13H2,1-3H3. The average molecular weight is 302 g/mol. The Labute approximate surface area is 133 Å². The predicted molar refractivity (Wildman–Crippen MR) is 89.5 cm³/mol. The summed E-state index contributed by atoms with van der Waals surface area (Å²) in [5.74, 6) is 0.0574. The molecule has 22 heavy (non-hydrogen) atoms. The zero-order chi connectivity index (χ0) is 16.5. The SMILES string of the molecule is CC1=C(C)C(=O)C(CCCCC=CCC=CCO)=C(C)C1=O. The summed E-state index contributed by atoms with van der Waals surface area (Å²) >= 11 is 0. The second-order valence-corrected chi connectivity index (χ2v) is 5.62. The van der Waals surface area contributed by atoms with E-state index in [9.17, 15) is 9.59 Å². The lowest BCUT2D eigenvalue weighted by Gasteiger charge is -2.18. The van der Waals surface area contributed by atoms with Gasteiger partial charge in [-0.1, -0.05) is 24.3 Å². The summed E-state index contributed by atoms with van der Waals surface area (Å²) in [6, 6.07) is 0. The first-order valence-corrected chi connectivity index (χ1v) is 7.88. The first-order chi connectivity index (χ1) is 10.5. The van der Waals surface area contributed by atoms with Crippen LogP contribution in [-0.4, -0.2) is 23.3 Å². The maximum Gasteiger partial charge on any atom is 0.185 e. The third-order valence-electron chi connectivity index (χ3n) is 4.07. The molecule has 1 aliphatic carbocycles.